The Balaban J connectivity index is 1.31. The summed E-state index contributed by atoms with van der Waals surface area (Å²) in [5, 5.41) is 3.24. The fraction of sp³-hybridized carbons (Fsp3) is 0.167. The number of fused-ring (bicyclic) bond motifs is 1. The minimum atomic E-state index is -0.194. The standard InChI is InChI=1S/C30H28N2O/c1-22-11-15-26(16-12-22)29(25-8-3-2-4-9-25)31-30(33)27-17-13-23(14-18-27)21-32-20-19-24-7-5-6-10-28(24)32/h2-18,29H,19-21H2,1H3,(H,31,33)/t29-/m0/s1. The van der Waals surface area contributed by atoms with Crippen molar-refractivity contribution in [3.05, 3.63) is 137 Å². The summed E-state index contributed by atoms with van der Waals surface area (Å²) in [6.07, 6.45) is 1.09. The van der Waals surface area contributed by atoms with Gasteiger partial charge in [0.2, 0.25) is 0 Å². The van der Waals surface area contributed by atoms with Crippen LogP contribution in [0, 0.1) is 6.92 Å². The van der Waals surface area contributed by atoms with E-state index in [4.69, 9.17) is 0 Å². The highest BCUT2D eigenvalue weighted by Crippen LogP contribution is 2.29. The van der Waals surface area contributed by atoms with E-state index in [0.29, 0.717) is 5.56 Å². The summed E-state index contributed by atoms with van der Waals surface area (Å²) in [5.74, 6) is -0.0671. The van der Waals surface area contributed by atoms with Gasteiger partial charge in [0.25, 0.3) is 5.91 Å². The lowest BCUT2D eigenvalue weighted by Crippen LogP contribution is -2.29. The van der Waals surface area contributed by atoms with E-state index >= 15 is 0 Å². The molecule has 1 aliphatic rings. The minimum absolute atomic E-state index is 0.0671. The van der Waals surface area contributed by atoms with Gasteiger partial charge in [0.15, 0.2) is 0 Å². The van der Waals surface area contributed by atoms with E-state index in [1.165, 1.54) is 22.4 Å². The van der Waals surface area contributed by atoms with Gasteiger partial charge in [-0.15, -0.1) is 0 Å². The lowest BCUT2D eigenvalue weighted by molar-refractivity contribution is 0.0943. The highest BCUT2D eigenvalue weighted by Gasteiger charge is 2.20. The van der Waals surface area contributed by atoms with Crippen LogP contribution in [0.5, 0.6) is 0 Å². The average molecular weight is 433 g/mol. The number of carbonyl (C=O) groups is 1. The molecule has 1 heterocycles. The lowest BCUT2D eigenvalue weighted by Gasteiger charge is -2.21. The van der Waals surface area contributed by atoms with Crippen molar-refractivity contribution in [3.8, 4) is 0 Å². The first-order valence-electron chi connectivity index (χ1n) is 11.5. The van der Waals surface area contributed by atoms with E-state index in [0.717, 1.165) is 30.6 Å². The molecule has 0 saturated heterocycles. The van der Waals surface area contributed by atoms with E-state index in [1.54, 1.807) is 0 Å². The molecule has 0 aliphatic carbocycles. The molecule has 1 amide bonds. The van der Waals surface area contributed by atoms with Gasteiger partial charge in [-0.1, -0.05) is 90.5 Å². The summed E-state index contributed by atoms with van der Waals surface area (Å²) in [4.78, 5) is 15.6. The number of amides is 1. The number of para-hydroxylation sites is 1. The molecule has 1 aliphatic heterocycles. The van der Waals surface area contributed by atoms with Crippen molar-refractivity contribution >= 4 is 11.6 Å². The maximum Gasteiger partial charge on any atom is 0.252 e. The van der Waals surface area contributed by atoms with Gasteiger partial charge in [-0.2, -0.15) is 0 Å². The van der Waals surface area contributed by atoms with Gasteiger partial charge in [-0.25, -0.2) is 0 Å². The second kappa shape index (κ2) is 9.33. The first kappa shape index (κ1) is 21.0. The van der Waals surface area contributed by atoms with Crippen molar-refractivity contribution in [1.82, 2.24) is 5.32 Å². The monoisotopic (exact) mass is 432 g/mol. The number of anilines is 1. The molecule has 0 saturated carbocycles. The molecule has 1 N–H and O–H groups in total. The Morgan fingerprint density at radius 1 is 0.818 bits per heavy atom. The van der Waals surface area contributed by atoms with Crippen molar-refractivity contribution in [1.29, 1.82) is 0 Å². The van der Waals surface area contributed by atoms with Gasteiger partial charge in [0, 0.05) is 24.3 Å². The zero-order valence-electron chi connectivity index (χ0n) is 18.9. The van der Waals surface area contributed by atoms with E-state index in [9.17, 15) is 4.79 Å². The van der Waals surface area contributed by atoms with Crippen LogP contribution in [0.3, 0.4) is 0 Å². The number of rotatable bonds is 6. The first-order chi connectivity index (χ1) is 16.2. The van der Waals surface area contributed by atoms with Crippen LogP contribution in [-0.4, -0.2) is 12.5 Å². The Labute approximate surface area is 195 Å². The van der Waals surface area contributed by atoms with Gasteiger partial charge in [-0.3, -0.25) is 4.79 Å². The van der Waals surface area contributed by atoms with Gasteiger partial charge in [-0.05, 0) is 53.8 Å². The number of nitrogens with one attached hydrogen (secondary N) is 1. The van der Waals surface area contributed by atoms with E-state index < -0.39 is 0 Å². The third-order valence-electron chi connectivity index (χ3n) is 6.39. The third kappa shape index (κ3) is 4.68. The zero-order valence-corrected chi connectivity index (χ0v) is 18.9. The molecule has 0 fully saturated rings. The molecule has 1 atom stereocenters. The van der Waals surface area contributed by atoms with E-state index in [1.807, 2.05) is 30.3 Å². The molecule has 3 heteroatoms. The van der Waals surface area contributed by atoms with Gasteiger partial charge in [0.1, 0.15) is 0 Å². The second-order valence-electron chi connectivity index (χ2n) is 8.73. The summed E-state index contributed by atoms with van der Waals surface area (Å²) in [7, 11) is 0. The average Bonchev–Trinajstić information content (AvgIpc) is 3.27. The summed E-state index contributed by atoms with van der Waals surface area (Å²) in [6.45, 7) is 3.97. The van der Waals surface area contributed by atoms with Crippen molar-refractivity contribution in [2.45, 2.75) is 25.9 Å². The van der Waals surface area contributed by atoms with Crippen LogP contribution in [0.1, 0.15) is 44.2 Å². The highest BCUT2D eigenvalue weighted by atomic mass is 16.1. The van der Waals surface area contributed by atoms with Crippen molar-refractivity contribution in [2.75, 3.05) is 11.4 Å². The largest absolute Gasteiger partial charge is 0.367 e. The molecule has 0 unspecified atom stereocenters. The molecule has 0 radical (unpaired) electrons. The summed E-state index contributed by atoms with van der Waals surface area (Å²) in [6, 6.07) is 34.9. The Morgan fingerprint density at radius 2 is 1.48 bits per heavy atom. The summed E-state index contributed by atoms with van der Waals surface area (Å²) in [5.41, 5.74) is 7.96. The fourth-order valence-corrected chi connectivity index (χ4v) is 4.53. The molecule has 0 spiro atoms. The van der Waals surface area contributed by atoms with Crippen LogP contribution >= 0.6 is 0 Å². The molecule has 5 rings (SSSR count). The molecular formula is C30H28N2O. The first-order valence-corrected chi connectivity index (χ1v) is 11.5. The van der Waals surface area contributed by atoms with Gasteiger partial charge in [0.05, 0.1) is 6.04 Å². The molecule has 4 aromatic rings. The smallest absolute Gasteiger partial charge is 0.252 e. The molecule has 0 bridgehead atoms. The molecule has 0 aromatic heterocycles. The highest BCUT2D eigenvalue weighted by molar-refractivity contribution is 5.94. The second-order valence-corrected chi connectivity index (χ2v) is 8.73. The minimum Gasteiger partial charge on any atom is -0.367 e. The van der Waals surface area contributed by atoms with E-state index in [-0.39, 0.29) is 11.9 Å². The molecule has 3 nitrogen and oxygen atoms in total. The fourth-order valence-electron chi connectivity index (χ4n) is 4.53. The number of hydrogen-bond acceptors (Lipinski definition) is 2. The molecule has 4 aromatic carbocycles. The Kier molecular flexibility index (Phi) is 5.95. The Morgan fingerprint density at radius 3 is 2.24 bits per heavy atom. The topological polar surface area (TPSA) is 32.3 Å². The predicted octanol–water partition coefficient (Wildman–Crippen LogP) is 6.08. The summed E-state index contributed by atoms with van der Waals surface area (Å²) < 4.78 is 0. The number of hydrogen-bond donors (Lipinski definition) is 1. The van der Waals surface area contributed by atoms with Crippen LogP contribution in [0.4, 0.5) is 5.69 Å². The number of carbonyl (C=O) groups excluding carboxylic acids is 1. The van der Waals surface area contributed by atoms with Crippen LogP contribution in [0.25, 0.3) is 0 Å². The molecular weight excluding hydrogens is 404 g/mol. The quantitative estimate of drug-likeness (QED) is 0.401. The van der Waals surface area contributed by atoms with Crippen molar-refractivity contribution in [2.24, 2.45) is 0 Å². The number of aryl methyl sites for hydroxylation is 1. The maximum absolute atomic E-state index is 13.2. The Hall–Kier alpha value is -3.85. The lowest BCUT2D eigenvalue weighted by atomic mass is 9.97. The Bertz CT molecular complexity index is 1230. The predicted molar refractivity (Wildman–Crippen MR) is 135 cm³/mol. The van der Waals surface area contributed by atoms with Gasteiger partial charge < -0.3 is 10.2 Å². The van der Waals surface area contributed by atoms with E-state index in [2.05, 4.69) is 89.9 Å². The van der Waals surface area contributed by atoms with Crippen LogP contribution in [0.2, 0.25) is 0 Å². The number of benzene rings is 4. The number of nitrogens with zero attached hydrogens (tertiary/aromatic N) is 1. The van der Waals surface area contributed by atoms with Crippen LogP contribution in [-0.2, 0) is 13.0 Å². The van der Waals surface area contributed by atoms with Crippen molar-refractivity contribution in [3.63, 3.8) is 0 Å². The van der Waals surface area contributed by atoms with Crippen molar-refractivity contribution < 1.29 is 4.79 Å². The third-order valence-corrected chi connectivity index (χ3v) is 6.39. The van der Waals surface area contributed by atoms with Crippen LogP contribution < -0.4 is 10.2 Å². The maximum atomic E-state index is 13.2. The molecule has 33 heavy (non-hydrogen) atoms. The SMILES string of the molecule is Cc1ccc([C@@H](NC(=O)c2ccc(CN3CCc4ccccc43)cc2)c2ccccc2)cc1. The zero-order chi connectivity index (χ0) is 22.6. The molecule has 164 valence electrons. The van der Waals surface area contributed by atoms with Gasteiger partial charge >= 0.3 is 0 Å². The van der Waals surface area contributed by atoms with Crippen LogP contribution in [0.15, 0.2) is 103 Å². The normalized spacial score (nSPS) is 13.4. The summed E-state index contributed by atoms with van der Waals surface area (Å²) >= 11 is 0.